The third-order valence-electron chi connectivity index (χ3n) is 1.47. The number of nitrogens with zero attached hydrogens (tertiary/aromatic N) is 1. The van der Waals surface area contributed by atoms with E-state index in [0.29, 0.717) is 6.04 Å². The Morgan fingerprint density at radius 1 is 1.55 bits per heavy atom. The van der Waals surface area contributed by atoms with Gasteiger partial charge in [0.2, 0.25) is 0 Å². The minimum absolute atomic E-state index is 0.421. The van der Waals surface area contributed by atoms with Gasteiger partial charge in [-0.2, -0.15) is 4.58 Å². The van der Waals surface area contributed by atoms with E-state index in [-0.39, 0.29) is 0 Å². The molecule has 0 aliphatic rings. The van der Waals surface area contributed by atoms with Crippen molar-refractivity contribution < 1.29 is 4.58 Å². The molecule has 60 valence electrons. The number of rotatable bonds is 2. The maximum absolute atomic E-state index is 5.77. The minimum Gasteiger partial charge on any atom is -0.195 e. The van der Waals surface area contributed by atoms with Gasteiger partial charge < -0.3 is 0 Å². The molecule has 0 aromatic carbocycles. The predicted octanol–water partition coefficient (Wildman–Crippen LogP) is 3.15. The molecule has 11 heavy (non-hydrogen) atoms. The highest BCUT2D eigenvalue weighted by atomic mass is 35.5. The Labute approximate surface area is 75.9 Å². The fraction of sp³-hybridized carbons (Fsp3) is 0.375. The molecule has 0 fully saturated rings. The molecule has 1 nitrogen and oxygen atoms in total. The van der Waals surface area contributed by atoms with Gasteiger partial charge in [0.25, 0.3) is 5.00 Å². The van der Waals surface area contributed by atoms with Crippen molar-refractivity contribution in [1.29, 1.82) is 0 Å². The van der Waals surface area contributed by atoms with E-state index in [1.54, 1.807) is 11.3 Å². The van der Waals surface area contributed by atoms with Crippen molar-refractivity contribution in [3.63, 3.8) is 0 Å². The predicted molar refractivity (Wildman–Crippen MR) is 51.5 cm³/mol. The van der Waals surface area contributed by atoms with Crippen LogP contribution < -0.4 is 0 Å². The topological polar surface area (TPSA) is 3.01 Å². The minimum atomic E-state index is 0.421. The van der Waals surface area contributed by atoms with Crippen LogP contribution >= 0.6 is 22.9 Å². The Balaban J connectivity index is 2.85. The highest BCUT2D eigenvalue weighted by Gasteiger charge is 2.12. The fourth-order valence-electron chi connectivity index (χ4n) is 0.714. The lowest BCUT2D eigenvalue weighted by atomic mass is 10.4. The largest absolute Gasteiger partial charge is 0.262 e. The van der Waals surface area contributed by atoms with Crippen LogP contribution in [0.25, 0.3) is 0 Å². The molecule has 0 aliphatic carbocycles. The Kier molecular flexibility index (Phi) is 2.68. The Morgan fingerprint density at radius 2 is 2.18 bits per heavy atom. The van der Waals surface area contributed by atoms with E-state index in [0.717, 1.165) is 9.34 Å². The molecule has 0 radical (unpaired) electrons. The SMILES string of the molecule is C=[N+](c1ccc(Cl)s1)C(C)C. The summed E-state index contributed by atoms with van der Waals surface area (Å²) in [6.07, 6.45) is 0. The van der Waals surface area contributed by atoms with Crippen LogP contribution in [0.1, 0.15) is 13.8 Å². The zero-order valence-corrected chi connectivity index (χ0v) is 8.25. The summed E-state index contributed by atoms with van der Waals surface area (Å²) in [7, 11) is 0. The summed E-state index contributed by atoms with van der Waals surface area (Å²) in [6, 6.07) is 4.30. The molecule has 0 saturated heterocycles. The third-order valence-corrected chi connectivity index (χ3v) is 2.73. The van der Waals surface area contributed by atoms with Gasteiger partial charge in [-0.3, -0.25) is 0 Å². The molecule has 3 heteroatoms. The van der Waals surface area contributed by atoms with Crippen LogP contribution in [0, 0.1) is 0 Å². The van der Waals surface area contributed by atoms with Crippen molar-refractivity contribution in [3.05, 3.63) is 16.5 Å². The number of hydrogen-bond acceptors (Lipinski definition) is 1. The van der Waals surface area contributed by atoms with E-state index in [2.05, 4.69) is 20.6 Å². The summed E-state index contributed by atoms with van der Waals surface area (Å²) in [5.74, 6) is 0. The lowest BCUT2D eigenvalue weighted by Gasteiger charge is -1.99. The van der Waals surface area contributed by atoms with E-state index in [1.807, 2.05) is 16.7 Å². The van der Waals surface area contributed by atoms with Crippen molar-refractivity contribution in [3.8, 4) is 0 Å². The van der Waals surface area contributed by atoms with Gasteiger partial charge >= 0.3 is 0 Å². The normalized spacial score (nSPS) is 10.5. The molecule has 1 aromatic rings. The molecule has 0 bridgehead atoms. The summed E-state index contributed by atoms with van der Waals surface area (Å²) < 4.78 is 2.77. The molecular weight excluding hydrogens is 178 g/mol. The fourth-order valence-corrected chi connectivity index (χ4v) is 1.81. The average molecular weight is 189 g/mol. The lowest BCUT2D eigenvalue weighted by molar-refractivity contribution is -0.462. The first kappa shape index (κ1) is 8.75. The maximum atomic E-state index is 5.77. The highest BCUT2D eigenvalue weighted by Crippen LogP contribution is 2.28. The van der Waals surface area contributed by atoms with E-state index in [4.69, 9.17) is 11.6 Å². The van der Waals surface area contributed by atoms with Gasteiger partial charge in [-0.15, -0.1) is 0 Å². The summed E-state index contributed by atoms with van der Waals surface area (Å²) in [6.45, 7) is 8.10. The smallest absolute Gasteiger partial charge is 0.195 e. The van der Waals surface area contributed by atoms with Gasteiger partial charge in [0, 0.05) is 6.07 Å². The van der Waals surface area contributed by atoms with Gasteiger partial charge in [0.05, 0.1) is 4.34 Å². The zero-order chi connectivity index (χ0) is 8.43. The lowest BCUT2D eigenvalue weighted by Crippen LogP contribution is -2.11. The summed E-state index contributed by atoms with van der Waals surface area (Å²) in [5.41, 5.74) is 0. The molecule has 0 atom stereocenters. The first-order chi connectivity index (χ1) is 5.11. The van der Waals surface area contributed by atoms with E-state index >= 15 is 0 Å². The van der Waals surface area contributed by atoms with Crippen LogP contribution in [0.3, 0.4) is 0 Å². The second-order valence-corrected chi connectivity index (χ2v) is 4.33. The third kappa shape index (κ3) is 2.04. The van der Waals surface area contributed by atoms with Gasteiger partial charge in [-0.05, 0) is 19.9 Å². The highest BCUT2D eigenvalue weighted by molar-refractivity contribution is 7.19. The Bertz CT molecular complexity index is 265. The number of hydrogen-bond donors (Lipinski definition) is 0. The van der Waals surface area contributed by atoms with E-state index < -0.39 is 0 Å². The summed E-state index contributed by atoms with van der Waals surface area (Å²) >= 11 is 7.33. The van der Waals surface area contributed by atoms with Crippen LogP contribution in [-0.2, 0) is 0 Å². The van der Waals surface area contributed by atoms with Crippen molar-refractivity contribution in [1.82, 2.24) is 0 Å². The molecule has 0 N–H and O–H groups in total. The molecule has 0 saturated carbocycles. The molecule has 1 heterocycles. The monoisotopic (exact) mass is 188 g/mol. The van der Waals surface area contributed by atoms with Gasteiger partial charge in [-0.25, -0.2) is 0 Å². The van der Waals surface area contributed by atoms with Crippen LogP contribution in [-0.4, -0.2) is 17.3 Å². The maximum Gasteiger partial charge on any atom is 0.262 e. The molecule has 0 amide bonds. The van der Waals surface area contributed by atoms with Crippen LogP contribution in [0.2, 0.25) is 4.34 Å². The number of halogens is 1. The zero-order valence-electron chi connectivity index (χ0n) is 6.67. The Morgan fingerprint density at radius 3 is 2.55 bits per heavy atom. The van der Waals surface area contributed by atoms with Crippen molar-refractivity contribution in [2.75, 3.05) is 0 Å². The second kappa shape index (κ2) is 3.37. The summed E-state index contributed by atoms with van der Waals surface area (Å²) in [5, 5.41) is 1.12. The number of thiophene rings is 1. The van der Waals surface area contributed by atoms with Gasteiger partial charge in [-0.1, -0.05) is 22.9 Å². The van der Waals surface area contributed by atoms with Gasteiger partial charge in [0.1, 0.15) is 6.72 Å². The van der Waals surface area contributed by atoms with Crippen molar-refractivity contribution >= 4 is 34.7 Å². The van der Waals surface area contributed by atoms with Crippen LogP contribution in [0.15, 0.2) is 12.1 Å². The van der Waals surface area contributed by atoms with E-state index in [1.165, 1.54) is 0 Å². The van der Waals surface area contributed by atoms with E-state index in [9.17, 15) is 0 Å². The molecule has 0 spiro atoms. The second-order valence-electron chi connectivity index (χ2n) is 2.64. The first-order valence-corrected chi connectivity index (χ1v) is 4.66. The molecular formula is C8H11ClNS+. The van der Waals surface area contributed by atoms with Crippen LogP contribution in [0.4, 0.5) is 5.00 Å². The molecule has 0 unspecified atom stereocenters. The quantitative estimate of drug-likeness (QED) is 0.496. The molecule has 1 rings (SSSR count). The molecule has 1 aromatic heterocycles. The summed E-state index contributed by atoms with van der Waals surface area (Å²) in [4.78, 5) is 0. The van der Waals surface area contributed by atoms with Gasteiger partial charge in [0.15, 0.2) is 6.04 Å². The average Bonchev–Trinajstić information content (AvgIpc) is 2.34. The van der Waals surface area contributed by atoms with Crippen LogP contribution in [0.5, 0.6) is 0 Å². The van der Waals surface area contributed by atoms with Crippen molar-refractivity contribution in [2.24, 2.45) is 0 Å². The standard InChI is InChI=1S/C8H11ClNS/c1-6(2)10(3)8-5-4-7(9)11-8/h4-6H,3H2,1-2H3/q+1. The molecule has 0 aliphatic heterocycles. The van der Waals surface area contributed by atoms with Crippen molar-refractivity contribution in [2.45, 2.75) is 19.9 Å². The Hall–Kier alpha value is -0.340. The first-order valence-electron chi connectivity index (χ1n) is 3.46.